The molecule has 5 fully saturated rings. The molecule has 4 saturated heterocycles. The molecule has 2 N–H and O–H groups in total. The van der Waals surface area contributed by atoms with Crippen LogP contribution in [0.2, 0.25) is 0 Å². The maximum Gasteiger partial charge on any atom is 0.228 e. The predicted octanol–water partition coefficient (Wildman–Crippen LogP) is 0.957. The number of rotatable bonds is 6. The smallest absolute Gasteiger partial charge is 0.228 e. The Balaban J connectivity index is 1.13. The molecule has 36 heavy (non-hydrogen) atoms. The average Bonchev–Trinajstić information content (AvgIpc) is 3.55. The number of hydrogen-bond donors (Lipinski definition) is 2. The first-order chi connectivity index (χ1) is 17.3. The minimum absolute atomic E-state index is 0.0111. The molecule has 4 unspecified atom stereocenters. The standard InChI is InChI=1S/C26H47N5O4S/c1-28(2)22-3-5-23(6-4-22)36(34,35)30-12-8-20(9-13-30)21-10-14-31-25(15-21)24(16-27-31)26(33)29-11-7-19(17-29)18-32/h19-25,27,32H,3-18H2,1-2H3. The number of hydrazine groups is 1. The molecule has 0 bridgehead atoms. The molecule has 4 aliphatic heterocycles. The molecule has 0 radical (unpaired) electrons. The van der Waals surface area contributed by atoms with Crippen LogP contribution >= 0.6 is 0 Å². The van der Waals surface area contributed by atoms with E-state index in [9.17, 15) is 18.3 Å². The maximum atomic E-state index is 13.4. The van der Waals surface area contributed by atoms with E-state index in [1.54, 1.807) is 4.31 Å². The molecule has 0 aromatic rings. The van der Waals surface area contributed by atoms with Crippen molar-refractivity contribution in [2.24, 2.45) is 23.7 Å². The van der Waals surface area contributed by atoms with Crippen LogP contribution in [0, 0.1) is 23.7 Å². The lowest BCUT2D eigenvalue weighted by molar-refractivity contribution is -0.135. The van der Waals surface area contributed by atoms with E-state index < -0.39 is 10.0 Å². The lowest BCUT2D eigenvalue weighted by Crippen LogP contribution is -2.50. The number of nitrogens with one attached hydrogen (secondary N) is 1. The highest BCUT2D eigenvalue weighted by molar-refractivity contribution is 7.89. The first-order valence-electron chi connectivity index (χ1n) is 14.3. The zero-order valence-electron chi connectivity index (χ0n) is 22.2. The highest BCUT2D eigenvalue weighted by Gasteiger charge is 2.46. The number of carbonyl (C=O) groups excluding carboxylic acids is 1. The zero-order valence-corrected chi connectivity index (χ0v) is 23.0. The largest absolute Gasteiger partial charge is 0.396 e. The molecular formula is C26H47N5O4S. The van der Waals surface area contributed by atoms with E-state index in [0.29, 0.717) is 44.1 Å². The summed E-state index contributed by atoms with van der Waals surface area (Å²) in [5.74, 6) is 1.57. The summed E-state index contributed by atoms with van der Waals surface area (Å²) in [4.78, 5) is 17.5. The highest BCUT2D eigenvalue weighted by atomic mass is 32.2. The van der Waals surface area contributed by atoms with Gasteiger partial charge < -0.3 is 14.9 Å². The molecule has 4 heterocycles. The Bertz CT molecular complexity index is 870. The van der Waals surface area contributed by atoms with Gasteiger partial charge >= 0.3 is 0 Å². The monoisotopic (exact) mass is 525 g/mol. The van der Waals surface area contributed by atoms with Gasteiger partial charge in [0, 0.05) is 63.9 Å². The Morgan fingerprint density at radius 3 is 2.28 bits per heavy atom. The third-order valence-corrected chi connectivity index (χ3v) is 12.6. The molecule has 206 valence electrons. The lowest BCUT2D eigenvalue weighted by atomic mass is 9.75. The van der Waals surface area contributed by atoms with Crippen LogP contribution in [0.25, 0.3) is 0 Å². The van der Waals surface area contributed by atoms with Gasteiger partial charge in [-0.1, -0.05) is 0 Å². The molecule has 5 aliphatic rings. The van der Waals surface area contributed by atoms with Crippen molar-refractivity contribution in [2.75, 3.05) is 60.0 Å². The number of likely N-dealkylation sites (tertiary alicyclic amines) is 1. The van der Waals surface area contributed by atoms with Crippen molar-refractivity contribution in [1.29, 1.82) is 0 Å². The summed E-state index contributed by atoms with van der Waals surface area (Å²) < 4.78 is 28.6. The van der Waals surface area contributed by atoms with Crippen molar-refractivity contribution < 1.29 is 18.3 Å². The Hall–Kier alpha value is -0.780. The summed E-state index contributed by atoms with van der Waals surface area (Å²) in [5.41, 5.74) is 3.48. The third kappa shape index (κ3) is 5.36. The summed E-state index contributed by atoms with van der Waals surface area (Å²) in [6.07, 6.45) is 8.43. The van der Waals surface area contributed by atoms with Gasteiger partial charge in [0.15, 0.2) is 0 Å². The van der Waals surface area contributed by atoms with Crippen LogP contribution < -0.4 is 5.43 Å². The molecule has 1 aliphatic carbocycles. The van der Waals surface area contributed by atoms with Crippen LogP contribution in [-0.2, 0) is 14.8 Å². The molecule has 1 saturated carbocycles. The van der Waals surface area contributed by atoms with Crippen LogP contribution in [0.3, 0.4) is 0 Å². The fourth-order valence-electron chi connectivity index (χ4n) is 7.72. The van der Waals surface area contributed by atoms with E-state index in [4.69, 9.17) is 0 Å². The van der Waals surface area contributed by atoms with Gasteiger partial charge in [-0.25, -0.2) is 17.7 Å². The molecule has 0 spiro atoms. The number of hydrogen-bond acceptors (Lipinski definition) is 7. The number of carbonyl (C=O) groups is 1. The normalized spacial score (nSPS) is 37.5. The summed E-state index contributed by atoms with van der Waals surface area (Å²) >= 11 is 0. The predicted molar refractivity (Wildman–Crippen MR) is 139 cm³/mol. The van der Waals surface area contributed by atoms with Gasteiger partial charge in [0.25, 0.3) is 0 Å². The van der Waals surface area contributed by atoms with Gasteiger partial charge in [0.2, 0.25) is 15.9 Å². The molecule has 9 nitrogen and oxygen atoms in total. The van der Waals surface area contributed by atoms with E-state index in [2.05, 4.69) is 29.4 Å². The SMILES string of the molecule is CN(C)C1CCC(S(=O)(=O)N2CCC(C3CCN4NCC(C(=O)N5CCC(CO)C5)C4C3)CC2)CC1. The number of fused-ring (bicyclic) bond motifs is 1. The van der Waals surface area contributed by atoms with Crippen LogP contribution in [0.15, 0.2) is 0 Å². The number of sulfonamides is 1. The van der Waals surface area contributed by atoms with Crippen molar-refractivity contribution in [1.82, 2.24) is 24.5 Å². The van der Waals surface area contributed by atoms with Crippen LogP contribution in [0.1, 0.15) is 57.8 Å². The molecule has 4 atom stereocenters. The Kier molecular flexibility index (Phi) is 8.30. The van der Waals surface area contributed by atoms with Crippen LogP contribution in [-0.4, -0.2) is 116 Å². The van der Waals surface area contributed by atoms with E-state index in [-0.39, 0.29) is 35.6 Å². The Morgan fingerprint density at radius 2 is 1.64 bits per heavy atom. The fourth-order valence-corrected chi connectivity index (χ4v) is 9.73. The highest BCUT2D eigenvalue weighted by Crippen LogP contribution is 2.40. The van der Waals surface area contributed by atoms with Gasteiger partial charge in [-0.3, -0.25) is 10.2 Å². The number of aliphatic hydroxyl groups excluding tert-OH is 1. The van der Waals surface area contributed by atoms with Crippen LogP contribution in [0.4, 0.5) is 0 Å². The minimum atomic E-state index is -3.21. The Labute approximate surface area is 217 Å². The second kappa shape index (κ2) is 11.1. The second-order valence-corrected chi connectivity index (χ2v) is 14.5. The van der Waals surface area contributed by atoms with E-state index in [1.807, 2.05) is 4.90 Å². The molecule has 0 aromatic carbocycles. The van der Waals surface area contributed by atoms with Gasteiger partial charge in [0.1, 0.15) is 0 Å². The quantitative estimate of drug-likeness (QED) is 0.533. The average molecular weight is 526 g/mol. The van der Waals surface area contributed by atoms with Crippen molar-refractivity contribution in [2.45, 2.75) is 75.1 Å². The molecule has 0 aromatic heterocycles. The minimum Gasteiger partial charge on any atom is -0.396 e. The number of amides is 1. The first kappa shape index (κ1) is 26.8. The summed E-state index contributed by atoms with van der Waals surface area (Å²) in [6, 6.07) is 0.744. The topological polar surface area (TPSA) is 96.4 Å². The molecule has 10 heteroatoms. The third-order valence-electron chi connectivity index (χ3n) is 10.2. The summed E-state index contributed by atoms with van der Waals surface area (Å²) in [7, 11) is 0.971. The van der Waals surface area contributed by atoms with Crippen LogP contribution in [0.5, 0.6) is 0 Å². The van der Waals surface area contributed by atoms with Crippen molar-refractivity contribution in [3.05, 3.63) is 0 Å². The van der Waals surface area contributed by atoms with Gasteiger partial charge in [-0.15, -0.1) is 0 Å². The van der Waals surface area contributed by atoms with E-state index in [1.165, 1.54) is 0 Å². The van der Waals surface area contributed by atoms with Gasteiger partial charge in [-0.05, 0) is 83.7 Å². The molecule has 5 rings (SSSR count). The maximum absolute atomic E-state index is 13.4. The number of nitrogens with zero attached hydrogens (tertiary/aromatic N) is 4. The van der Waals surface area contributed by atoms with E-state index >= 15 is 0 Å². The van der Waals surface area contributed by atoms with Gasteiger partial charge in [0.05, 0.1) is 11.2 Å². The first-order valence-corrected chi connectivity index (χ1v) is 15.8. The molecular weight excluding hydrogens is 478 g/mol. The molecule has 1 amide bonds. The van der Waals surface area contributed by atoms with Gasteiger partial charge in [-0.2, -0.15) is 0 Å². The summed E-state index contributed by atoms with van der Waals surface area (Å²) in [5, 5.41) is 11.6. The fraction of sp³-hybridized carbons (Fsp3) is 0.962. The van der Waals surface area contributed by atoms with Crippen molar-refractivity contribution in [3.8, 4) is 0 Å². The summed E-state index contributed by atoms with van der Waals surface area (Å²) in [6.45, 7) is 4.60. The lowest BCUT2D eigenvalue weighted by Gasteiger charge is -2.43. The van der Waals surface area contributed by atoms with Crippen molar-refractivity contribution in [3.63, 3.8) is 0 Å². The number of aliphatic hydroxyl groups is 1. The van der Waals surface area contributed by atoms with E-state index in [0.717, 1.165) is 70.9 Å². The number of piperidine rings is 2. The second-order valence-electron chi connectivity index (χ2n) is 12.3. The zero-order chi connectivity index (χ0) is 25.4. The Morgan fingerprint density at radius 1 is 0.944 bits per heavy atom. The van der Waals surface area contributed by atoms with Crippen molar-refractivity contribution >= 4 is 15.9 Å².